The van der Waals surface area contributed by atoms with Crippen LogP contribution >= 0.6 is 0 Å². The van der Waals surface area contributed by atoms with Gasteiger partial charge in [0.1, 0.15) is 17.7 Å². The van der Waals surface area contributed by atoms with E-state index in [-0.39, 0.29) is 23.8 Å². The van der Waals surface area contributed by atoms with Crippen LogP contribution in [-0.2, 0) is 15.7 Å². The van der Waals surface area contributed by atoms with E-state index < -0.39 is 18.0 Å². The van der Waals surface area contributed by atoms with Gasteiger partial charge in [0, 0.05) is 32.0 Å². The number of nitrogens with zero attached hydrogens (tertiary/aromatic N) is 4. The monoisotopic (exact) mass is 464 g/mol. The van der Waals surface area contributed by atoms with Crippen LogP contribution in [0.2, 0.25) is 0 Å². The summed E-state index contributed by atoms with van der Waals surface area (Å²) < 4.78 is 48.5. The first-order valence-corrected chi connectivity index (χ1v) is 10.2. The number of alkyl halides is 3. The fraction of sp³-hybridized carbons (Fsp3) is 0.429. The zero-order chi connectivity index (χ0) is 23.9. The smallest absolute Gasteiger partial charge is 0.451 e. The molecule has 1 aliphatic heterocycles. The maximum Gasteiger partial charge on any atom is 0.451 e. The molecule has 176 valence electrons. The van der Waals surface area contributed by atoms with Gasteiger partial charge in [-0.25, -0.2) is 15.0 Å². The van der Waals surface area contributed by atoms with Gasteiger partial charge in [0.15, 0.2) is 11.8 Å². The molecule has 0 saturated heterocycles. The lowest BCUT2D eigenvalue weighted by Crippen LogP contribution is -2.47. The van der Waals surface area contributed by atoms with Crippen molar-refractivity contribution >= 4 is 23.1 Å². The molecule has 12 heteroatoms. The van der Waals surface area contributed by atoms with Crippen LogP contribution in [0.15, 0.2) is 30.8 Å². The van der Waals surface area contributed by atoms with Gasteiger partial charge in [-0.05, 0) is 6.92 Å². The molecule has 0 aromatic carbocycles. The Morgan fingerprint density at radius 2 is 1.97 bits per heavy atom. The number of halogens is 3. The first-order valence-electron chi connectivity index (χ1n) is 10.2. The molecular formula is C21H23F3N6O3. The number of pyridine rings is 1. The van der Waals surface area contributed by atoms with Crippen LogP contribution in [0.1, 0.15) is 24.4 Å². The van der Waals surface area contributed by atoms with Crippen LogP contribution in [0, 0.1) is 6.92 Å². The number of carbonyl (C=O) groups is 1. The molecule has 0 bridgehead atoms. The third-order valence-corrected chi connectivity index (χ3v) is 5.64. The van der Waals surface area contributed by atoms with E-state index in [4.69, 9.17) is 9.47 Å². The summed E-state index contributed by atoms with van der Waals surface area (Å²) in [4.78, 5) is 25.4. The second kappa shape index (κ2) is 8.41. The van der Waals surface area contributed by atoms with Crippen molar-refractivity contribution in [2.75, 3.05) is 29.7 Å². The topological polar surface area (TPSA) is 102 Å². The first-order chi connectivity index (χ1) is 15.6. The molecule has 3 heterocycles. The Balaban J connectivity index is 1.38. The molecule has 9 nitrogen and oxygen atoms in total. The average Bonchev–Trinajstić information content (AvgIpc) is 2.72. The third-order valence-electron chi connectivity index (χ3n) is 5.64. The Morgan fingerprint density at radius 3 is 2.58 bits per heavy atom. The number of hydrogen-bond acceptors (Lipinski definition) is 8. The Bertz CT molecular complexity index is 1070. The number of aryl methyl sites for hydroxylation is 1. The number of aromatic nitrogens is 3. The molecule has 4 rings (SSSR count). The highest BCUT2D eigenvalue weighted by molar-refractivity contribution is 6.05. The molecule has 33 heavy (non-hydrogen) atoms. The lowest BCUT2D eigenvalue weighted by molar-refractivity contribution is -0.145. The maximum atomic E-state index is 12.6. The quantitative estimate of drug-likeness (QED) is 0.629. The summed E-state index contributed by atoms with van der Waals surface area (Å²) in [6, 6.07) is 1.25. The fourth-order valence-corrected chi connectivity index (χ4v) is 3.85. The van der Waals surface area contributed by atoms with E-state index in [0.717, 1.165) is 18.1 Å². The number of methoxy groups -OCH3 is 1. The summed E-state index contributed by atoms with van der Waals surface area (Å²) in [5.41, 5.74) is 2.07. The van der Waals surface area contributed by atoms with Crippen molar-refractivity contribution in [3.05, 3.63) is 42.3 Å². The first kappa shape index (κ1) is 22.6. The second-order valence-corrected chi connectivity index (χ2v) is 7.95. The number of hydrogen-bond donors (Lipinski definition) is 2. The van der Waals surface area contributed by atoms with Crippen molar-refractivity contribution in [2.24, 2.45) is 0 Å². The Labute approximate surface area is 188 Å². The minimum absolute atomic E-state index is 0.0727. The standard InChI is InChI=1S/C21H23F3N6O3/c1-10-17-15(30(3)18(11(2)32-4)19(31)29-17)7-16(27-10)28-12-5-13(6-12)33-14-8-25-20(26-9-14)21(22,23)24/h7-9,12-13,18H,2,5-6H2,1,3-4H3,(H,27,28)(H,29,31)/t12-,13-,18-/m0/s1. The molecule has 2 N–H and O–H groups in total. The van der Waals surface area contributed by atoms with Crippen molar-refractivity contribution in [2.45, 2.75) is 44.1 Å². The number of fused-ring (bicyclic) bond motifs is 1. The lowest BCUT2D eigenvalue weighted by Gasteiger charge is -2.38. The SMILES string of the molecule is C=C(OC)[C@H]1C(=O)Nc2c(cc(N[C@H]3C[C@H](Oc4cnc(C(F)(F)F)nc4)C3)nc2C)N1C. The minimum Gasteiger partial charge on any atom is -0.499 e. The minimum atomic E-state index is -4.59. The number of anilines is 3. The summed E-state index contributed by atoms with van der Waals surface area (Å²) in [5, 5.41) is 6.21. The van der Waals surface area contributed by atoms with E-state index in [0.29, 0.717) is 35.8 Å². The van der Waals surface area contributed by atoms with E-state index >= 15 is 0 Å². The highest BCUT2D eigenvalue weighted by atomic mass is 19.4. The van der Waals surface area contributed by atoms with E-state index in [2.05, 4.69) is 32.2 Å². The van der Waals surface area contributed by atoms with Crippen LogP contribution in [0.3, 0.4) is 0 Å². The van der Waals surface area contributed by atoms with Crippen molar-refractivity contribution in [1.82, 2.24) is 15.0 Å². The van der Waals surface area contributed by atoms with Gasteiger partial charge in [-0.1, -0.05) is 6.58 Å². The number of ether oxygens (including phenoxy) is 2. The number of likely N-dealkylation sites (N-methyl/N-ethyl adjacent to an activating group) is 1. The molecule has 2 aliphatic rings. The Morgan fingerprint density at radius 1 is 1.30 bits per heavy atom. The normalized spacial score (nSPS) is 22.1. The van der Waals surface area contributed by atoms with Crippen molar-refractivity contribution in [3.8, 4) is 5.75 Å². The second-order valence-electron chi connectivity index (χ2n) is 7.95. The molecule has 0 spiro atoms. The van der Waals surface area contributed by atoms with Crippen molar-refractivity contribution in [3.63, 3.8) is 0 Å². The predicted octanol–water partition coefficient (Wildman–Crippen LogP) is 3.14. The van der Waals surface area contributed by atoms with Gasteiger partial charge < -0.3 is 25.0 Å². The molecule has 1 fully saturated rings. The van der Waals surface area contributed by atoms with Crippen LogP contribution < -0.4 is 20.3 Å². The van der Waals surface area contributed by atoms with E-state index in [1.54, 1.807) is 18.9 Å². The molecule has 2 aromatic rings. The van der Waals surface area contributed by atoms with Crippen LogP contribution in [-0.4, -0.2) is 53.2 Å². The molecule has 2 aromatic heterocycles. The summed E-state index contributed by atoms with van der Waals surface area (Å²) in [6.07, 6.45) is -1.43. The molecule has 1 atom stereocenters. The van der Waals surface area contributed by atoms with E-state index in [1.165, 1.54) is 7.11 Å². The van der Waals surface area contributed by atoms with Crippen LogP contribution in [0.5, 0.6) is 5.75 Å². The number of carbonyl (C=O) groups excluding carboxylic acids is 1. The van der Waals surface area contributed by atoms with Gasteiger partial charge in [-0.2, -0.15) is 13.2 Å². The average molecular weight is 464 g/mol. The van der Waals surface area contributed by atoms with Gasteiger partial charge in [0.05, 0.1) is 36.6 Å². The van der Waals surface area contributed by atoms with Gasteiger partial charge >= 0.3 is 6.18 Å². The zero-order valence-corrected chi connectivity index (χ0v) is 18.2. The molecule has 1 saturated carbocycles. The molecule has 0 unspecified atom stereocenters. The Hall–Kier alpha value is -3.57. The zero-order valence-electron chi connectivity index (χ0n) is 18.2. The molecule has 1 amide bonds. The molecule has 1 aliphatic carbocycles. The van der Waals surface area contributed by atoms with E-state index in [1.807, 2.05) is 6.07 Å². The summed E-state index contributed by atoms with van der Waals surface area (Å²) in [5.74, 6) is -0.285. The summed E-state index contributed by atoms with van der Waals surface area (Å²) in [7, 11) is 3.25. The highest BCUT2D eigenvalue weighted by Crippen LogP contribution is 2.37. The maximum absolute atomic E-state index is 12.6. The van der Waals surface area contributed by atoms with Crippen LogP contribution in [0.4, 0.5) is 30.4 Å². The van der Waals surface area contributed by atoms with Crippen LogP contribution in [0.25, 0.3) is 0 Å². The van der Waals surface area contributed by atoms with Crippen molar-refractivity contribution < 1.29 is 27.4 Å². The lowest BCUT2D eigenvalue weighted by atomic mass is 9.89. The number of nitrogens with one attached hydrogen (secondary N) is 2. The van der Waals surface area contributed by atoms with Gasteiger partial charge in [0.25, 0.3) is 5.91 Å². The fourth-order valence-electron chi connectivity index (χ4n) is 3.85. The number of rotatable bonds is 6. The predicted molar refractivity (Wildman–Crippen MR) is 114 cm³/mol. The third kappa shape index (κ3) is 4.50. The molecule has 0 radical (unpaired) electrons. The number of amides is 1. The van der Waals surface area contributed by atoms with E-state index in [9.17, 15) is 18.0 Å². The summed E-state index contributed by atoms with van der Waals surface area (Å²) >= 11 is 0. The highest BCUT2D eigenvalue weighted by Gasteiger charge is 2.37. The molecular weight excluding hydrogens is 441 g/mol. The van der Waals surface area contributed by atoms with Gasteiger partial charge in [-0.3, -0.25) is 4.79 Å². The van der Waals surface area contributed by atoms with Gasteiger partial charge in [-0.15, -0.1) is 0 Å². The largest absolute Gasteiger partial charge is 0.499 e. The summed E-state index contributed by atoms with van der Waals surface area (Å²) in [6.45, 7) is 5.62. The Kier molecular flexibility index (Phi) is 5.76. The van der Waals surface area contributed by atoms with Gasteiger partial charge in [0.2, 0.25) is 5.82 Å². The van der Waals surface area contributed by atoms with Crippen molar-refractivity contribution in [1.29, 1.82) is 0 Å².